The zero-order chi connectivity index (χ0) is 22.8. The normalized spacial score (nSPS) is 10.8. The molecule has 164 valence electrons. The van der Waals surface area contributed by atoms with E-state index in [1.165, 1.54) is 23.0 Å². The lowest BCUT2D eigenvalue weighted by molar-refractivity contribution is -0.116. The van der Waals surface area contributed by atoms with Crippen molar-refractivity contribution in [2.45, 2.75) is 6.54 Å². The molecule has 1 N–H and O–H groups in total. The quantitative estimate of drug-likeness (QED) is 0.488. The lowest BCUT2D eigenvalue weighted by atomic mass is 10.2. The van der Waals surface area contributed by atoms with E-state index in [1.54, 1.807) is 47.8 Å². The molecular formula is C23H22N4O4S. The number of amides is 1. The third-order valence-electron chi connectivity index (χ3n) is 5.05. The first kappa shape index (κ1) is 21.4. The first-order valence-corrected chi connectivity index (χ1v) is 10.7. The highest BCUT2D eigenvalue weighted by atomic mass is 32.1. The summed E-state index contributed by atoms with van der Waals surface area (Å²) in [5.41, 5.74) is 1.32. The summed E-state index contributed by atoms with van der Waals surface area (Å²) in [6, 6.07) is 15.8. The molecule has 32 heavy (non-hydrogen) atoms. The number of nitrogens with zero attached hydrogens (tertiary/aromatic N) is 3. The minimum absolute atomic E-state index is 0.239. The third kappa shape index (κ3) is 3.90. The smallest absolute Gasteiger partial charge is 0.336 e. The number of carbonyl (C=O) groups is 1. The van der Waals surface area contributed by atoms with Gasteiger partial charge in [-0.05, 0) is 47.8 Å². The Morgan fingerprint density at radius 3 is 2.47 bits per heavy atom. The van der Waals surface area contributed by atoms with Crippen molar-refractivity contribution in [3.8, 4) is 11.4 Å². The fourth-order valence-electron chi connectivity index (χ4n) is 3.45. The second-order valence-electron chi connectivity index (χ2n) is 7.31. The van der Waals surface area contributed by atoms with Crippen molar-refractivity contribution in [2.24, 2.45) is 0 Å². The van der Waals surface area contributed by atoms with E-state index in [0.29, 0.717) is 27.3 Å². The molecule has 1 amide bonds. The molecule has 9 heteroatoms. The second kappa shape index (κ2) is 8.72. The topological polar surface area (TPSA) is 85.6 Å². The molecule has 2 aromatic heterocycles. The van der Waals surface area contributed by atoms with Crippen LogP contribution in [0, 0.1) is 0 Å². The van der Waals surface area contributed by atoms with E-state index in [4.69, 9.17) is 4.74 Å². The predicted molar refractivity (Wildman–Crippen MR) is 128 cm³/mol. The molecular weight excluding hydrogens is 428 g/mol. The minimum Gasteiger partial charge on any atom is -0.495 e. The van der Waals surface area contributed by atoms with Crippen molar-refractivity contribution >= 4 is 38.8 Å². The number of para-hydroxylation sites is 2. The van der Waals surface area contributed by atoms with Crippen molar-refractivity contribution in [1.29, 1.82) is 0 Å². The minimum atomic E-state index is -0.608. The molecule has 0 saturated heterocycles. The van der Waals surface area contributed by atoms with E-state index in [2.05, 4.69) is 5.32 Å². The highest BCUT2D eigenvalue weighted by Gasteiger charge is 2.19. The van der Waals surface area contributed by atoms with Crippen LogP contribution in [-0.2, 0) is 11.3 Å². The molecule has 8 nitrogen and oxygen atoms in total. The van der Waals surface area contributed by atoms with Crippen LogP contribution in [-0.4, -0.2) is 36.2 Å². The average molecular weight is 451 g/mol. The summed E-state index contributed by atoms with van der Waals surface area (Å²) in [5.74, 6) is 0.0158. The molecule has 0 atom stereocenters. The highest BCUT2D eigenvalue weighted by Crippen LogP contribution is 2.22. The summed E-state index contributed by atoms with van der Waals surface area (Å²) >= 11 is 1.22. The summed E-state index contributed by atoms with van der Waals surface area (Å²) in [6.45, 7) is -0.239. The lowest BCUT2D eigenvalue weighted by Crippen LogP contribution is -2.40. The van der Waals surface area contributed by atoms with Gasteiger partial charge in [0.1, 0.15) is 17.0 Å². The van der Waals surface area contributed by atoms with Crippen LogP contribution in [0.4, 0.5) is 11.4 Å². The average Bonchev–Trinajstić information content (AvgIpc) is 3.28. The number of fused-ring (bicyclic) bond motifs is 1. The summed E-state index contributed by atoms with van der Waals surface area (Å²) in [6.07, 6.45) is 0. The summed E-state index contributed by atoms with van der Waals surface area (Å²) in [4.78, 5) is 41.2. The van der Waals surface area contributed by atoms with Gasteiger partial charge in [0.25, 0.3) is 5.56 Å². The Balaban J connectivity index is 1.74. The maximum absolute atomic E-state index is 13.4. The lowest BCUT2D eigenvalue weighted by Gasteiger charge is -2.15. The van der Waals surface area contributed by atoms with E-state index in [9.17, 15) is 14.4 Å². The monoisotopic (exact) mass is 450 g/mol. The molecule has 0 radical (unpaired) electrons. The Morgan fingerprint density at radius 2 is 1.78 bits per heavy atom. The van der Waals surface area contributed by atoms with Crippen molar-refractivity contribution < 1.29 is 9.53 Å². The van der Waals surface area contributed by atoms with Gasteiger partial charge >= 0.3 is 5.69 Å². The number of rotatable bonds is 6. The molecule has 4 rings (SSSR count). The van der Waals surface area contributed by atoms with E-state index >= 15 is 0 Å². The van der Waals surface area contributed by atoms with Gasteiger partial charge in [0.2, 0.25) is 5.91 Å². The number of anilines is 2. The third-order valence-corrected chi connectivity index (χ3v) is 5.94. The second-order valence-corrected chi connectivity index (χ2v) is 8.22. The van der Waals surface area contributed by atoms with Crippen LogP contribution in [0.2, 0.25) is 0 Å². The molecule has 0 spiro atoms. The van der Waals surface area contributed by atoms with Gasteiger partial charge in [-0.2, -0.15) is 0 Å². The first-order chi connectivity index (χ1) is 15.4. The van der Waals surface area contributed by atoms with Crippen LogP contribution in [0.15, 0.2) is 69.6 Å². The van der Waals surface area contributed by atoms with E-state index in [0.717, 1.165) is 10.3 Å². The number of hydrogen-bond acceptors (Lipinski definition) is 6. The number of methoxy groups -OCH3 is 1. The van der Waals surface area contributed by atoms with Crippen molar-refractivity contribution in [1.82, 2.24) is 9.13 Å². The number of thiophene rings is 1. The van der Waals surface area contributed by atoms with Gasteiger partial charge in [0.05, 0.1) is 18.3 Å². The van der Waals surface area contributed by atoms with Crippen molar-refractivity contribution in [3.63, 3.8) is 0 Å². The van der Waals surface area contributed by atoms with Gasteiger partial charge in [-0.1, -0.05) is 12.1 Å². The zero-order valence-electron chi connectivity index (χ0n) is 17.9. The van der Waals surface area contributed by atoms with Gasteiger partial charge in [0.15, 0.2) is 0 Å². The Bertz CT molecular complexity index is 1400. The summed E-state index contributed by atoms with van der Waals surface area (Å²) < 4.78 is 8.09. The van der Waals surface area contributed by atoms with Crippen LogP contribution in [0.3, 0.4) is 0 Å². The molecule has 2 aromatic carbocycles. The summed E-state index contributed by atoms with van der Waals surface area (Å²) in [5, 5.41) is 4.54. The number of aromatic nitrogens is 2. The molecule has 0 unspecified atom stereocenters. The molecule has 2 heterocycles. The van der Waals surface area contributed by atoms with Gasteiger partial charge in [-0.15, -0.1) is 11.3 Å². The fourth-order valence-corrected chi connectivity index (χ4v) is 4.28. The van der Waals surface area contributed by atoms with E-state index in [1.807, 2.05) is 31.1 Å². The predicted octanol–water partition coefficient (Wildman–Crippen LogP) is 2.93. The Kier molecular flexibility index (Phi) is 5.83. The molecule has 0 aliphatic rings. The van der Waals surface area contributed by atoms with Crippen LogP contribution in [0.25, 0.3) is 15.9 Å². The van der Waals surface area contributed by atoms with Crippen LogP contribution in [0.1, 0.15) is 0 Å². The molecule has 0 bridgehead atoms. The van der Waals surface area contributed by atoms with Crippen LogP contribution < -0.4 is 26.2 Å². The molecule has 4 aromatic rings. The Hall–Kier alpha value is -3.85. The van der Waals surface area contributed by atoms with Crippen LogP contribution >= 0.6 is 11.3 Å². The Labute approximate surface area is 187 Å². The van der Waals surface area contributed by atoms with Gasteiger partial charge in [0, 0.05) is 25.5 Å². The molecule has 0 saturated carbocycles. The van der Waals surface area contributed by atoms with Crippen molar-refractivity contribution in [3.05, 3.63) is 80.8 Å². The molecule has 0 fully saturated rings. The maximum Gasteiger partial charge on any atom is 0.336 e. The molecule has 0 aliphatic carbocycles. The number of nitrogens with one attached hydrogen (secondary N) is 1. The highest BCUT2D eigenvalue weighted by molar-refractivity contribution is 7.17. The van der Waals surface area contributed by atoms with Crippen molar-refractivity contribution in [2.75, 3.05) is 31.4 Å². The first-order valence-electron chi connectivity index (χ1n) is 9.84. The summed E-state index contributed by atoms with van der Waals surface area (Å²) in [7, 11) is 5.34. The standard InChI is InChI=1S/C23H22N4O4S/c1-25(2)16-10-8-15(9-11-16)24-20(28)14-26-18-12-13-32-21(18)22(29)27(23(26)30)17-6-4-5-7-19(17)31-3/h4-13H,14H2,1-3H3,(H,24,28). The Morgan fingerprint density at radius 1 is 1.06 bits per heavy atom. The SMILES string of the molecule is COc1ccccc1-n1c(=O)c2sccc2n(CC(=O)Nc2ccc(N(C)C)cc2)c1=O. The van der Waals surface area contributed by atoms with Gasteiger partial charge in [-0.3, -0.25) is 14.2 Å². The largest absolute Gasteiger partial charge is 0.495 e. The van der Waals surface area contributed by atoms with Gasteiger partial charge in [-0.25, -0.2) is 9.36 Å². The fraction of sp³-hybridized carbons (Fsp3) is 0.174. The number of hydrogen-bond donors (Lipinski definition) is 1. The van der Waals surface area contributed by atoms with Gasteiger partial charge < -0.3 is 15.0 Å². The maximum atomic E-state index is 13.4. The van der Waals surface area contributed by atoms with E-state index < -0.39 is 11.2 Å². The number of carbonyl (C=O) groups excluding carboxylic acids is 1. The number of ether oxygens (including phenoxy) is 1. The molecule has 0 aliphatic heterocycles. The zero-order valence-corrected chi connectivity index (χ0v) is 18.7. The number of benzene rings is 2. The van der Waals surface area contributed by atoms with Crippen LogP contribution in [0.5, 0.6) is 5.75 Å². The van der Waals surface area contributed by atoms with E-state index in [-0.39, 0.29) is 12.5 Å².